The first kappa shape index (κ1) is 16.0. The third-order valence-corrected chi connectivity index (χ3v) is 5.39. The summed E-state index contributed by atoms with van der Waals surface area (Å²) in [6.45, 7) is 5.18. The van der Waals surface area contributed by atoms with Crippen LogP contribution < -0.4 is 11.1 Å². The number of nitrogen functional groups attached to an aromatic ring is 1. The summed E-state index contributed by atoms with van der Waals surface area (Å²) in [5.41, 5.74) is 12.3. The number of fused-ring (bicyclic) bond motifs is 4. The number of pyridine rings is 1. The summed E-state index contributed by atoms with van der Waals surface area (Å²) in [4.78, 5) is 13.4. The summed E-state index contributed by atoms with van der Waals surface area (Å²) in [6.07, 6.45) is 4.31. The summed E-state index contributed by atoms with van der Waals surface area (Å²) in [5.74, 6) is 0.485. The number of anilines is 1. The fourth-order valence-electron chi connectivity index (χ4n) is 4.10. The molecule has 4 aromatic rings. The normalized spacial score (nSPS) is 16.8. The molecule has 3 aromatic heterocycles. The van der Waals surface area contributed by atoms with E-state index in [1.165, 1.54) is 6.33 Å². The molecule has 6 heteroatoms. The van der Waals surface area contributed by atoms with Crippen LogP contribution in [0.4, 0.5) is 5.82 Å². The minimum absolute atomic E-state index is 0.319. The summed E-state index contributed by atoms with van der Waals surface area (Å²) >= 11 is 0. The zero-order chi connectivity index (χ0) is 18.5. The minimum atomic E-state index is 0.319. The van der Waals surface area contributed by atoms with Gasteiger partial charge in [-0.05, 0) is 31.2 Å². The Hall–Kier alpha value is -3.25. The maximum absolute atomic E-state index is 6.30. The van der Waals surface area contributed by atoms with Crippen LogP contribution >= 0.6 is 0 Å². The fraction of sp³-hybridized carbons (Fsp3) is 0.190. The van der Waals surface area contributed by atoms with E-state index in [0.29, 0.717) is 11.9 Å². The van der Waals surface area contributed by atoms with E-state index in [2.05, 4.69) is 43.5 Å². The highest BCUT2D eigenvalue weighted by Gasteiger charge is 2.29. The molecule has 0 saturated heterocycles. The highest BCUT2D eigenvalue weighted by molar-refractivity contribution is 6.06. The van der Waals surface area contributed by atoms with Gasteiger partial charge >= 0.3 is 0 Å². The smallest absolute Gasteiger partial charge is 0.146 e. The number of aromatic nitrogens is 4. The van der Waals surface area contributed by atoms with Crippen molar-refractivity contribution < 1.29 is 0 Å². The van der Waals surface area contributed by atoms with Crippen LogP contribution in [0, 0.1) is 0 Å². The molecule has 1 aliphatic heterocycles. The lowest BCUT2D eigenvalue weighted by Crippen LogP contribution is -2.34. The van der Waals surface area contributed by atoms with Gasteiger partial charge < -0.3 is 15.6 Å². The standard InChI is InChI=1S/C21H20N6/c1-12-7-15(23-2)10-27-19(12)17(18-20(22)25-11-26-21(18)27)14-8-13-5-3-4-6-16(13)24-9-14/h3-6,8-9,11,15,23H,1,7,10H2,2H3,(H2,22,25,26). The Bertz CT molecular complexity index is 1210. The lowest BCUT2D eigenvalue weighted by molar-refractivity contribution is 0.474. The van der Waals surface area contributed by atoms with Gasteiger partial charge in [0.25, 0.3) is 0 Å². The van der Waals surface area contributed by atoms with Crippen molar-refractivity contribution in [3.63, 3.8) is 0 Å². The number of nitrogens with zero attached hydrogens (tertiary/aromatic N) is 4. The number of benzene rings is 1. The topological polar surface area (TPSA) is 81.7 Å². The van der Waals surface area contributed by atoms with Gasteiger partial charge in [-0.3, -0.25) is 4.98 Å². The number of nitrogens with one attached hydrogen (secondary N) is 1. The molecule has 0 spiro atoms. The Morgan fingerprint density at radius 3 is 2.93 bits per heavy atom. The van der Waals surface area contributed by atoms with Gasteiger partial charge in [0.05, 0.1) is 16.6 Å². The van der Waals surface area contributed by atoms with Crippen LogP contribution in [0.3, 0.4) is 0 Å². The summed E-state index contributed by atoms with van der Waals surface area (Å²) < 4.78 is 2.21. The SMILES string of the molecule is C=C1CC(NC)Cn2c1c(-c1cnc3ccccc3c1)c1c(N)ncnc12. The third kappa shape index (κ3) is 2.34. The second-order valence-corrected chi connectivity index (χ2v) is 7.00. The van der Waals surface area contributed by atoms with Crippen molar-refractivity contribution in [1.82, 2.24) is 24.8 Å². The second kappa shape index (κ2) is 5.89. The molecule has 27 heavy (non-hydrogen) atoms. The maximum atomic E-state index is 6.30. The molecule has 3 N–H and O–H groups in total. The molecular weight excluding hydrogens is 336 g/mol. The number of nitrogens with two attached hydrogens (primary N) is 1. The lowest BCUT2D eigenvalue weighted by atomic mass is 9.94. The van der Waals surface area contributed by atoms with Gasteiger partial charge in [0.15, 0.2) is 0 Å². The number of para-hydroxylation sites is 1. The largest absolute Gasteiger partial charge is 0.383 e. The summed E-state index contributed by atoms with van der Waals surface area (Å²) in [7, 11) is 1.98. The molecule has 1 aliphatic rings. The molecule has 134 valence electrons. The van der Waals surface area contributed by atoms with Gasteiger partial charge in [0.2, 0.25) is 0 Å². The van der Waals surface area contributed by atoms with Crippen molar-refractivity contribution >= 4 is 33.3 Å². The van der Waals surface area contributed by atoms with Crippen molar-refractivity contribution in [3.05, 3.63) is 55.1 Å². The molecule has 0 amide bonds. The summed E-state index contributed by atoms with van der Waals surface area (Å²) in [5, 5.41) is 5.33. The molecule has 0 bridgehead atoms. The molecular formula is C21H20N6. The Balaban J connectivity index is 1.86. The van der Waals surface area contributed by atoms with E-state index in [-0.39, 0.29) is 0 Å². The number of likely N-dealkylation sites (N-methyl/N-ethyl adjacent to an activating group) is 1. The molecule has 6 nitrogen and oxygen atoms in total. The van der Waals surface area contributed by atoms with Crippen LogP contribution in [0.2, 0.25) is 0 Å². The van der Waals surface area contributed by atoms with Crippen LogP contribution in [0.15, 0.2) is 49.4 Å². The van der Waals surface area contributed by atoms with Crippen molar-refractivity contribution in [2.45, 2.75) is 19.0 Å². The zero-order valence-electron chi connectivity index (χ0n) is 15.1. The van der Waals surface area contributed by atoms with E-state index in [0.717, 1.165) is 57.3 Å². The molecule has 4 heterocycles. The highest BCUT2D eigenvalue weighted by atomic mass is 15.1. The van der Waals surface area contributed by atoms with E-state index in [1.54, 1.807) is 0 Å². The molecule has 0 radical (unpaired) electrons. The maximum Gasteiger partial charge on any atom is 0.146 e. The first-order valence-electron chi connectivity index (χ1n) is 9.00. The van der Waals surface area contributed by atoms with Gasteiger partial charge in [-0.2, -0.15) is 0 Å². The highest BCUT2D eigenvalue weighted by Crippen LogP contribution is 2.43. The Labute approximate surface area is 156 Å². The molecule has 1 aromatic carbocycles. The van der Waals surface area contributed by atoms with Crippen molar-refractivity contribution in [1.29, 1.82) is 0 Å². The fourth-order valence-corrected chi connectivity index (χ4v) is 4.10. The molecule has 1 unspecified atom stereocenters. The van der Waals surface area contributed by atoms with Gasteiger partial charge in [-0.25, -0.2) is 9.97 Å². The lowest BCUT2D eigenvalue weighted by Gasteiger charge is -2.27. The van der Waals surface area contributed by atoms with Crippen molar-refractivity contribution in [3.8, 4) is 11.1 Å². The van der Waals surface area contributed by atoms with E-state index in [4.69, 9.17) is 5.73 Å². The average molecular weight is 356 g/mol. The first-order chi connectivity index (χ1) is 13.2. The van der Waals surface area contributed by atoms with Crippen LogP contribution in [-0.4, -0.2) is 32.6 Å². The van der Waals surface area contributed by atoms with Crippen LogP contribution in [0.1, 0.15) is 12.1 Å². The molecule has 0 fully saturated rings. The van der Waals surface area contributed by atoms with Gasteiger partial charge in [0, 0.05) is 35.3 Å². The van der Waals surface area contributed by atoms with Gasteiger partial charge in [-0.1, -0.05) is 24.8 Å². The van der Waals surface area contributed by atoms with E-state index in [1.807, 2.05) is 31.4 Å². The molecule has 1 atom stereocenters. The quantitative estimate of drug-likeness (QED) is 0.576. The predicted octanol–water partition coefficient (Wildman–Crippen LogP) is 3.23. The van der Waals surface area contributed by atoms with Crippen LogP contribution in [-0.2, 0) is 6.54 Å². The first-order valence-corrected chi connectivity index (χ1v) is 9.00. The number of rotatable bonds is 2. The van der Waals surface area contributed by atoms with E-state index < -0.39 is 0 Å². The van der Waals surface area contributed by atoms with Gasteiger partial charge in [-0.15, -0.1) is 0 Å². The Kier molecular flexibility index (Phi) is 3.48. The molecule has 0 saturated carbocycles. The number of hydrogen-bond donors (Lipinski definition) is 2. The predicted molar refractivity (Wildman–Crippen MR) is 109 cm³/mol. The van der Waals surface area contributed by atoms with Gasteiger partial charge in [0.1, 0.15) is 17.8 Å². The zero-order valence-corrected chi connectivity index (χ0v) is 15.1. The third-order valence-electron chi connectivity index (χ3n) is 5.39. The molecule has 5 rings (SSSR count). The van der Waals surface area contributed by atoms with Crippen LogP contribution in [0.5, 0.6) is 0 Å². The molecule has 0 aliphatic carbocycles. The van der Waals surface area contributed by atoms with Crippen molar-refractivity contribution in [2.75, 3.05) is 12.8 Å². The van der Waals surface area contributed by atoms with E-state index in [9.17, 15) is 0 Å². The van der Waals surface area contributed by atoms with E-state index >= 15 is 0 Å². The average Bonchev–Trinajstić information content (AvgIpc) is 3.04. The number of hydrogen-bond acceptors (Lipinski definition) is 5. The summed E-state index contributed by atoms with van der Waals surface area (Å²) in [6, 6.07) is 10.6. The minimum Gasteiger partial charge on any atom is -0.383 e. The Morgan fingerprint density at radius 1 is 1.22 bits per heavy atom. The Morgan fingerprint density at radius 2 is 2.07 bits per heavy atom. The monoisotopic (exact) mass is 356 g/mol. The second-order valence-electron chi connectivity index (χ2n) is 7.00. The van der Waals surface area contributed by atoms with Crippen LogP contribution in [0.25, 0.3) is 38.6 Å². The van der Waals surface area contributed by atoms with Crippen molar-refractivity contribution in [2.24, 2.45) is 0 Å².